The lowest BCUT2D eigenvalue weighted by Gasteiger charge is -2.17. The Morgan fingerprint density at radius 1 is 0.976 bits per heavy atom. The number of amides is 1. The zero-order chi connectivity index (χ0) is 28.6. The van der Waals surface area contributed by atoms with Crippen molar-refractivity contribution in [2.45, 2.75) is 33.0 Å². The SMILES string of the molecule is CNCCN(C)C(=O)c1cn(Cc2cnc(C)n2CCCOCc2ccccc2)cc1-c1cccc2ccccc12. The van der Waals surface area contributed by atoms with Crippen LogP contribution in [0.25, 0.3) is 21.9 Å². The monoisotopic (exact) mass is 549 g/mol. The third-order valence-electron chi connectivity index (χ3n) is 7.50. The van der Waals surface area contributed by atoms with Crippen LogP contribution in [0.2, 0.25) is 0 Å². The Bertz CT molecular complexity index is 1580. The Morgan fingerprint density at radius 3 is 2.59 bits per heavy atom. The van der Waals surface area contributed by atoms with Crippen molar-refractivity contribution < 1.29 is 9.53 Å². The van der Waals surface area contributed by atoms with Crippen molar-refractivity contribution >= 4 is 16.7 Å². The highest BCUT2D eigenvalue weighted by atomic mass is 16.5. The van der Waals surface area contributed by atoms with E-state index in [1.54, 1.807) is 4.90 Å². The van der Waals surface area contributed by atoms with E-state index in [1.807, 2.05) is 63.7 Å². The fourth-order valence-corrected chi connectivity index (χ4v) is 5.25. The van der Waals surface area contributed by atoms with Crippen molar-refractivity contribution in [2.75, 3.05) is 33.8 Å². The van der Waals surface area contributed by atoms with E-state index in [-0.39, 0.29) is 5.91 Å². The van der Waals surface area contributed by atoms with Crippen LogP contribution in [0.1, 0.15) is 33.9 Å². The third-order valence-corrected chi connectivity index (χ3v) is 7.50. The number of carbonyl (C=O) groups excluding carboxylic acids is 1. The average Bonchev–Trinajstić information content (AvgIpc) is 3.58. The maximum atomic E-state index is 13.7. The number of benzene rings is 3. The molecule has 0 saturated carbocycles. The highest BCUT2D eigenvalue weighted by Crippen LogP contribution is 2.32. The van der Waals surface area contributed by atoms with E-state index in [2.05, 4.69) is 68.1 Å². The van der Waals surface area contributed by atoms with Crippen LogP contribution in [0.15, 0.2) is 91.4 Å². The van der Waals surface area contributed by atoms with Crippen LogP contribution in [0, 0.1) is 6.92 Å². The number of nitrogens with zero attached hydrogens (tertiary/aromatic N) is 4. The van der Waals surface area contributed by atoms with Crippen LogP contribution in [0.4, 0.5) is 0 Å². The summed E-state index contributed by atoms with van der Waals surface area (Å²) in [6.45, 7) is 6.16. The van der Waals surface area contributed by atoms with Crippen LogP contribution >= 0.6 is 0 Å². The number of fused-ring (bicyclic) bond motifs is 1. The van der Waals surface area contributed by atoms with Gasteiger partial charge in [-0.1, -0.05) is 72.8 Å². The molecule has 5 aromatic rings. The van der Waals surface area contributed by atoms with E-state index < -0.39 is 0 Å². The second-order valence-electron chi connectivity index (χ2n) is 10.5. The van der Waals surface area contributed by atoms with E-state index >= 15 is 0 Å². The summed E-state index contributed by atoms with van der Waals surface area (Å²) >= 11 is 0. The lowest BCUT2D eigenvalue weighted by atomic mass is 9.97. The molecule has 212 valence electrons. The Morgan fingerprint density at radius 2 is 1.76 bits per heavy atom. The average molecular weight is 550 g/mol. The number of nitrogens with one attached hydrogen (secondary N) is 1. The van der Waals surface area contributed by atoms with Crippen molar-refractivity contribution in [3.63, 3.8) is 0 Å². The van der Waals surface area contributed by atoms with Crippen molar-refractivity contribution in [2.24, 2.45) is 0 Å². The van der Waals surface area contributed by atoms with Crippen molar-refractivity contribution in [1.29, 1.82) is 0 Å². The molecule has 41 heavy (non-hydrogen) atoms. The number of ether oxygens (including phenoxy) is 1. The van der Waals surface area contributed by atoms with Crippen LogP contribution < -0.4 is 5.32 Å². The number of aryl methyl sites for hydroxylation is 1. The van der Waals surface area contributed by atoms with Gasteiger partial charge in [-0.15, -0.1) is 0 Å². The molecule has 0 aliphatic carbocycles. The van der Waals surface area contributed by atoms with E-state index in [0.29, 0.717) is 31.9 Å². The zero-order valence-electron chi connectivity index (χ0n) is 24.2. The number of imidazole rings is 1. The minimum absolute atomic E-state index is 0.0159. The van der Waals surface area contributed by atoms with Gasteiger partial charge in [-0.25, -0.2) is 4.98 Å². The molecule has 0 saturated heterocycles. The molecular weight excluding hydrogens is 510 g/mol. The van der Waals surface area contributed by atoms with E-state index in [4.69, 9.17) is 4.74 Å². The molecule has 0 bridgehead atoms. The molecule has 0 radical (unpaired) electrons. The molecule has 0 atom stereocenters. The molecule has 2 heterocycles. The van der Waals surface area contributed by atoms with Gasteiger partial charge in [-0.2, -0.15) is 0 Å². The minimum Gasteiger partial charge on any atom is -0.377 e. The van der Waals surface area contributed by atoms with Gasteiger partial charge in [0.1, 0.15) is 5.82 Å². The summed E-state index contributed by atoms with van der Waals surface area (Å²) in [4.78, 5) is 20.1. The first-order valence-electron chi connectivity index (χ1n) is 14.3. The largest absolute Gasteiger partial charge is 0.377 e. The number of likely N-dealkylation sites (N-methyl/N-ethyl adjacent to an activating group) is 2. The van der Waals surface area contributed by atoms with E-state index in [0.717, 1.165) is 52.9 Å². The number of aromatic nitrogens is 3. The summed E-state index contributed by atoms with van der Waals surface area (Å²) in [5.74, 6) is 0.995. The van der Waals surface area contributed by atoms with Crippen LogP contribution in [0.5, 0.6) is 0 Å². The predicted octanol–water partition coefficient (Wildman–Crippen LogP) is 5.76. The summed E-state index contributed by atoms with van der Waals surface area (Å²) in [6, 6.07) is 24.9. The standard InChI is InChI=1S/C34H39N5O2/c1-26-36-21-29(39(26)18-10-20-41-25-27-11-5-4-6-12-27)22-38-23-32(33(24-38)34(40)37(3)19-17-35-2)31-16-9-14-28-13-7-8-15-30(28)31/h4-9,11-16,21,23-24,35H,10,17-20,22,25H2,1-3H3. The fourth-order valence-electron chi connectivity index (χ4n) is 5.25. The lowest BCUT2D eigenvalue weighted by Crippen LogP contribution is -2.32. The molecule has 0 spiro atoms. The van der Waals surface area contributed by atoms with Crippen molar-refractivity contribution in [1.82, 2.24) is 24.3 Å². The van der Waals surface area contributed by atoms with Gasteiger partial charge in [0.25, 0.3) is 5.91 Å². The Balaban J connectivity index is 1.37. The van der Waals surface area contributed by atoms with E-state index in [9.17, 15) is 4.79 Å². The van der Waals surface area contributed by atoms with Gasteiger partial charge in [0.2, 0.25) is 0 Å². The molecule has 7 nitrogen and oxygen atoms in total. The summed E-state index contributed by atoms with van der Waals surface area (Å²) in [6.07, 6.45) is 6.93. The third kappa shape index (κ3) is 6.76. The molecule has 7 heteroatoms. The van der Waals surface area contributed by atoms with Gasteiger partial charge in [-0.05, 0) is 42.3 Å². The predicted molar refractivity (Wildman–Crippen MR) is 165 cm³/mol. The lowest BCUT2D eigenvalue weighted by molar-refractivity contribution is 0.0797. The van der Waals surface area contributed by atoms with Crippen LogP contribution in [-0.4, -0.2) is 58.7 Å². The second kappa shape index (κ2) is 13.4. The van der Waals surface area contributed by atoms with Crippen molar-refractivity contribution in [3.8, 4) is 11.1 Å². The maximum absolute atomic E-state index is 13.7. The van der Waals surface area contributed by atoms with Crippen LogP contribution in [-0.2, 0) is 24.4 Å². The highest BCUT2D eigenvalue weighted by Gasteiger charge is 2.21. The smallest absolute Gasteiger partial charge is 0.255 e. The maximum Gasteiger partial charge on any atom is 0.255 e. The van der Waals surface area contributed by atoms with E-state index in [1.165, 1.54) is 5.56 Å². The number of hydrogen-bond acceptors (Lipinski definition) is 4. The second-order valence-corrected chi connectivity index (χ2v) is 10.5. The molecule has 0 unspecified atom stereocenters. The molecule has 1 amide bonds. The summed E-state index contributed by atoms with van der Waals surface area (Å²) in [5, 5.41) is 5.43. The minimum atomic E-state index is 0.0159. The highest BCUT2D eigenvalue weighted by molar-refractivity contribution is 6.05. The normalized spacial score (nSPS) is 11.3. The molecule has 3 aromatic carbocycles. The molecule has 0 aliphatic heterocycles. The molecule has 1 N–H and O–H groups in total. The van der Waals surface area contributed by atoms with Gasteiger partial charge < -0.3 is 24.1 Å². The molecule has 2 aromatic heterocycles. The molecule has 0 aliphatic rings. The fraction of sp³-hybridized carbons (Fsp3) is 0.294. The summed E-state index contributed by atoms with van der Waals surface area (Å²) in [5.41, 5.74) is 5.00. The Hall–Kier alpha value is -4.20. The summed E-state index contributed by atoms with van der Waals surface area (Å²) < 4.78 is 10.3. The van der Waals surface area contributed by atoms with Gasteiger partial charge >= 0.3 is 0 Å². The number of rotatable bonds is 13. The molecular formula is C34H39N5O2. The first kappa shape index (κ1) is 28.3. The van der Waals surface area contributed by atoms with Gasteiger partial charge in [-0.3, -0.25) is 4.79 Å². The van der Waals surface area contributed by atoms with Gasteiger partial charge in [0.05, 0.1) is 30.6 Å². The number of carbonyl (C=O) groups is 1. The van der Waals surface area contributed by atoms with Crippen molar-refractivity contribution in [3.05, 3.63) is 114 Å². The van der Waals surface area contributed by atoms with Crippen LogP contribution in [0.3, 0.4) is 0 Å². The first-order chi connectivity index (χ1) is 20.0. The Labute approximate surface area is 242 Å². The Kier molecular flexibility index (Phi) is 9.29. The van der Waals surface area contributed by atoms with Gasteiger partial charge in [0, 0.05) is 51.2 Å². The topological polar surface area (TPSA) is 64.3 Å². The summed E-state index contributed by atoms with van der Waals surface area (Å²) in [7, 11) is 3.76. The molecule has 5 rings (SSSR count). The first-order valence-corrected chi connectivity index (χ1v) is 14.3. The number of hydrogen-bond donors (Lipinski definition) is 1. The zero-order valence-corrected chi connectivity index (χ0v) is 24.2. The molecule has 0 fully saturated rings. The quantitative estimate of drug-likeness (QED) is 0.190. The van der Waals surface area contributed by atoms with Gasteiger partial charge in [0.15, 0.2) is 0 Å².